The van der Waals surface area contributed by atoms with Gasteiger partial charge in [-0.2, -0.15) is 0 Å². The molecule has 1 aliphatic rings. The molecule has 0 spiro atoms. The van der Waals surface area contributed by atoms with E-state index in [1.165, 1.54) is 0 Å². The number of nitrogens with zero attached hydrogens (tertiary/aromatic N) is 2. The normalized spacial score (nSPS) is 17.5. The van der Waals surface area contributed by atoms with Crippen LogP contribution in [0.1, 0.15) is 17.1 Å². The number of hydrogen-bond donors (Lipinski definition) is 1. The lowest BCUT2D eigenvalue weighted by atomic mass is 10.2. The smallest absolute Gasteiger partial charge is 0.124 e. The van der Waals surface area contributed by atoms with Crippen molar-refractivity contribution in [2.75, 3.05) is 32.2 Å². The first-order valence-corrected chi connectivity index (χ1v) is 8.68. The number of hydrogen-bond acceptors (Lipinski definition) is 6. The zero-order valence-electron chi connectivity index (χ0n) is 13.8. The maximum atomic E-state index is 5.36. The number of thiazole rings is 1. The zero-order chi connectivity index (χ0) is 16.2. The molecule has 1 unspecified atom stereocenters. The first-order valence-electron chi connectivity index (χ1n) is 7.80. The predicted octanol–water partition coefficient (Wildman–Crippen LogP) is 2.84. The van der Waals surface area contributed by atoms with Crippen LogP contribution in [0.4, 0.5) is 5.69 Å². The van der Waals surface area contributed by atoms with Crippen molar-refractivity contribution in [2.45, 2.75) is 25.9 Å². The highest BCUT2D eigenvalue weighted by Gasteiger charge is 2.23. The van der Waals surface area contributed by atoms with Crippen LogP contribution >= 0.6 is 11.3 Å². The van der Waals surface area contributed by atoms with Crippen molar-refractivity contribution in [3.63, 3.8) is 0 Å². The summed E-state index contributed by atoms with van der Waals surface area (Å²) in [5, 5.41) is 6.86. The molecule has 0 bridgehead atoms. The van der Waals surface area contributed by atoms with Gasteiger partial charge in [0.1, 0.15) is 11.5 Å². The van der Waals surface area contributed by atoms with Crippen LogP contribution < -0.4 is 19.7 Å². The van der Waals surface area contributed by atoms with Gasteiger partial charge in [0.05, 0.1) is 24.9 Å². The summed E-state index contributed by atoms with van der Waals surface area (Å²) in [5.41, 5.74) is 2.28. The largest absolute Gasteiger partial charge is 0.497 e. The highest BCUT2D eigenvalue weighted by molar-refractivity contribution is 7.09. The molecular weight excluding hydrogens is 310 g/mol. The van der Waals surface area contributed by atoms with E-state index in [0.29, 0.717) is 6.04 Å². The number of anilines is 1. The van der Waals surface area contributed by atoms with E-state index in [9.17, 15) is 0 Å². The Bertz CT molecular complexity index is 637. The molecule has 1 fully saturated rings. The van der Waals surface area contributed by atoms with Gasteiger partial charge in [-0.3, -0.25) is 0 Å². The first kappa shape index (κ1) is 16.1. The number of rotatable bonds is 6. The second-order valence-corrected chi connectivity index (χ2v) is 6.80. The van der Waals surface area contributed by atoms with Crippen molar-refractivity contribution in [1.82, 2.24) is 10.3 Å². The standard InChI is InChI=1S/C17H23N3O2S/c1-12-19-14(11-23-12)9-18-13-4-5-20(10-13)15-6-16(21-2)8-17(7-15)22-3/h6-8,11,13,18H,4-5,9-10H2,1-3H3. The Morgan fingerprint density at radius 3 is 2.61 bits per heavy atom. The molecule has 6 heteroatoms. The number of nitrogens with one attached hydrogen (secondary N) is 1. The molecule has 3 rings (SSSR count). The highest BCUT2D eigenvalue weighted by atomic mass is 32.1. The number of ether oxygens (including phenoxy) is 2. The van der Waals surface area contributed by atoms with E-state index in [1.54, 1.807) is 25.6 Å². The topological polar surface area (TPSA) is 46.6 Å². The SMILES string of the molecule is COc1cc(OC)cc(N2CCC(NCc3csc(C)n3)C2)c1. The maximum absolute atomic E-state index is 5.36. The summed E-state index contributed by atoms with van der Waals surface area (Å²) in [6.45, 7) is 4.90. The molecule has 23 heavy (non-hydrogen) atoms. The Labute approximate surface area is 141 Å². The van der Waals surface area contributed by atoms with E-state index in [-0.39, 0.29) is 0 Å². The minimum atomic E-state index is 0.481. The van der Waals surface area contributed by atoms with Gasteiger partial charge in [-0.05, 0) is 13.3 Å². The summed E-state index contributed by atoms with van der Waals surface area (Å²) in [6.07, 6.45) is 1.13. The van der Waals surface area contributed by atoms with Gasteiger partial charge in [-0.25, -0.2) is 4.98 Å². The average Bonchev–Trinajstić information content (AvgIpc) is 3.21. The van der Waals surface area contributed by atoms with Crippen LogP contribution in [0.5, 0.6) is 11.5 Å². The molecule has 0 radical (unpaired) electrons. The fourth-order valence-electron chi connectivity index (χ4n) is 2.87. The molecule has 0 aliphatic carbocycles. The van der Waals surface area contributed by atoms with Crippen LogP contribution in [0.15, 0.2) is 23.6 Å². The van der Waals surface area contributed by atoms with Gasteiger partial charge < -0.3 is 19.7 Å². The molecule has 2 heterocycles. The summed E-state index contributed by atoms with van der Waals surface area (Å²) >= 11 is 1.70. The van der Waals surface area contributed by atoms with Crippen LogP contribution in [0.3, 0.4) is 0 Å². The second kappa shape index (κ2) is 7.19. The number of benzene rings is 1. The van der Waals surface area contributed by atoms with Crippen molar-refractivity contribution >= 4 is 17.0 Å². The number of aryl methyl sites for hydroxylation is 1. The Hall–Kier alpha value is -1.79. The third kappa shape index (κ3) is 3.95. The van der Waals surface area contributed by atoms with Crippen molar-refractivity contribution < 1.29 is 9.47 Å². The third-order valence-corrected chi connectivity index (χ3v) is 4.95. The predicted molar refractivity (Wildman–Crippen MR) is 93.9 cm³/mol. The molecule has 1 aromatic heterocycles. The number of aromatic nitrogens is 1. The quantitative estimate of drug-likeness (QED) is 0.881. The van der Waals surface area contributed by atoms with Gasteiger partial charge in [-0.1, -0.05) is 0 Å². The van der Waals surface area contributed by atoms with Gasteiger partial charge in [0.25, 0.3) is 0 Å². The van der Waals surface area contributed by atoms with Gasteiger partial charge in [0.2, 0.25) is 0 Å². The summed E-state index contributed by atoms with van der Waals surface area (Å²) < 4.78 is 10.7. The van der Waals surface area contributed by atoms with E-state index in [4.69, 9.17) is 9.47 Å². The molecule has 1 aliphatic heterocycles. The van der Waals surface area contributed by atoms with Crippen molar-refractivity contribution in [2.24, 2.45) is 0 Å². The van der Waals surface area contributed by atoms with Gasteiger partial charge >= 0.3 is 0 Å². The van der Waals surface area contributed by atoms with Crippen LogP contribution in [0.25, 0.3) is 0 Å². The third-order valence-electron chi connectivity index (χ3n) is 4.13. The number of methoxy groups -OCH3 is 2. The molecular formula is C17H23N3O2S. The highest BCUT2D eigenvalue weighted by Crippen LogP contribution is 2.30. The lowest BCUT2D eigenvalue weighted by Gasteiger charge is -2.20. The molecule has 1 saturated heterocycles. The monoisotopic (exact) mass is 333 g/mol. The minimum absolute atomic E-state index is 0.481. The van der Waals surface area contributed by atoms with E-state index in [2.05, 4.69) is 32.7 Å². The van der Waals surface area contributed by atoms with Gasteiger partial charge in [0.15, 0.2) is 0 Å². The van der Waals surface area contributed by atoms with Crippen LogP contribution in [0, 0.1) is 6.92 Å². The Morgan fingerprint density at radius 2 is 2.00 bits per heavy atom. The molecule has 5 nitrogen and oxygen atoms in total. The second-order valence-electron chi connectivity index (χ2n) is 5.74. The Kier molecular flexibility index (Phi) is 5.03. The summed E-state index contributed by atoms with van der Waals surface area (Å²) in [6, 6.07) is 6.51. The summed E-state index contributed by atoms with van der Waals surface area (Å²) in [4.78, 5) is 6.87. The molecule has 0 amide bonds. The Morgan fingerprint density at radius 1 is 1.26 bits per heavy atom. The van der Waals surface area contributed by atoms with Crippen LogP contribution in [0.2, 0.25) is 0 Å². The first-order chi connectivity index (χ1) is 11.2. The maximum Gasteiger partial charge on any atom is 0.124 e. The van der Waals surface area contributed by atoms with E-state index in [1.807, 2.05) is 13.0 Å². The summed E-state index contributed by atoms with van der Waals surface area (Å²) in [5.74, 6) is 1.66. The molecule has 1 N–H and O–H groups in total. The van der Waals surface area contributed by atoms with Gasteiger partial charge in [-0.15, -0.1) is 11.3 Å². The van der Waals surface area contributed by atoms with Crippen molar-refractivity contribution in [1.29, 1.82) is 0 Å². The van der Waals surface area contributed by atoms with Gasteiger partial charge in [0, 0.05) is 54.9 Å². The van der Waals surface area contributed by atoms with E-state index < -0.39 is 0 Å². The minimum Gasteiger partial charge on any atom is -0.497 e. The fourth-order valence-corrected chi connectivity index (χ4v) is 3.49. The molecule has 0 saturated carbocycles. The summed E-state index contributed by atoms with van der Waals surface area (Å²) in [7, 11) is 3.37. The molecule has 2 aromatic rings. The van der Waals surface area contributed by atoms with E-state index >= 15 is 0 Å². The average molecular weight is 333 g/mol. The van der Waals surface area contributed by atoms with Crippen LogP contribution in [-0.4, -0.2) is 38.3 Å². The van der Waals surface area contributed by atoms with Crippen molar-refractivity contribution in [3.05, 3.63) is 34.3 Å². The van der Waals surface area contributed by atoms with Crippen molar-refractivity contribution in [3.8, 4) is 11.5 Å². The zero-order valence-corrected chi connectivity index (χ0v) is 14.7. The van der Waals surface area contributed by atoms with Crippen LogP contribution in [-0.2, 0) is 6.54 Å². The lowest BCUT2D eigenvalue weighted by molar-refractivity contribution is 0.394. The van der Waals surface area contributed by atoms with E-state index in [0.717, 1.165) is 53.9 Å². The fraction of sp³-hybridized carbons (Fsp3) is 0.471. The molecule has 1 aromatic carbocycles. The Balaban J connectivity index is 1.60. The lowest BCUT2D eigenvalue weighted by Crippen LogP contribution is -2.32. The molecule has 1 atom stereocenters. The molecule has 124 valence electrons.